The fourth-order valence-electron chi connectivity index (χ4n) is 1.90. The summed E-state index contributed by atoms with van der Waals surface area (Å²) in [6.07, 6.45) is -0.310. The third-order valence-electron chi connectivity index (χ3n) is 2.99. The van der Waals surface area contributed by atoms with Crippen molar-refractivity contribution in [3.05, 3.63) is 62.6 Å². The molecule has 0 saturated carbocycles. The minimum atomic E-state index is -0.697. The molecule has 0 heterocycles. The molecule has 5 heteroatoms. The van der Waals surface area contributed by atoms with Gasteiger partial charge >= 0.3 is 0 Å². The number of aliphatic hydroxyl groups is 1. The number of hydrogen-bond donors (Lipinski definition) is 1. The molecule has 0 aliphatic carbocycles. The van der Waals surface area contributed by atoms with Crippen LogP contribution in [0.15, 0.2) is 36.4 Å². The molecule has 0 saturated heterocycles. The molecule has 2 rings (SSSR count). The lowest BCUT2D eigenvalue weighted by atomic mass is 10.0. The zero-order valence-electron chi connectivity index (χ0n) is 10.7. The van der Waals surface area contributed by atoms with Crippen molar-refractivity contribution < 1.29 is 9.84 Å². The van der Waals surface area contributed by atoms with Crippen LogP contribution in [0.1, 0.15) is 17.2 Å². The summed E-state index contributed by atoms with van der Waals surface area (Å²) in [5, 5.41) is 11.8. The van der Waals surface area contributed by atoms with Crippen molar-refractivity contribution in [1.82, 2.24) is 0 Å². The molecule has 0 bridgehead atoms. The number of benzene rings is 2. The number of aliphatic hydroxyl groups excluding tert-OH is 1. The predicted octanol–water partition coefficient (Wildman–Crippen LogP) is 4.93. The standard InChI is InChI=1S/C15H13Cl3O2/c1-20-15-5-3-10(6-13(15)18)14(19)7-9-2-4-11(16)8-12(9)17/h2-6,8,14,19H,7H2,1H3. The molecule has 0 aliphatic heterocycles. The second-order valence-electron chi connectivity index (χ2n) is 4.35. The van der Waals surface area contributed by atoms with Crippen LogP contribution in [0, 0.1) is 0 Å². The summed E-state index contributed by atoms with van der Waals surface area (Å²) >= 11 is 18.0. The van der Waals surface area contributed by atoms with Gasteiger partial charge in [-0.25, -0.2) is 0 Å². The molecule has 0 aromatic heterocycles. The minimum Gasteiger partial charge on any atom is -0.495 e. The molecule has 106 valence electrons. The van der Waals surface area contributed by atoms with Crippen molar-refractivity contribution >= 4 is 34.8 Å². The molecule has 2 aromatic rings. The van der Waals surface area contributed by atoms with Crippen LogP contribution in [-0.4, -0.2) is 12.2 Å². The Bertz CT molecular complexity index is 614. The number of hydrogen-bond acceptors (Lipinski definition) is 2. The zero-order valence-corrected chi connectivity index (χ0v) is 13.0. The Kier molecular flexibility index (Phi) is 5.17. The first-order chi connectivity index (χ1) is 9.51. The highest BCUT2D eigenvalue weighted by molar-refractivity contribution is 6.35. The molecular formula is C15H13Cl3O2. The average molecular weight is 332 g/mol. The third kappa shape index (κ3) is 3.58. The number of rotatable bonds is 4. The molecule has 2 nitrogen and oxygen atoms in total. The van der Waals surface area contributed by atoms with E-state index in [1.165, 1.54) is 0 Å². The lowest BCUT2D eigenvalue weighted by Crippen LogP contribution is -2.02. The summed E-state index contributed by atoms with van der Waals surface area (Å²) in [4.78, 5) is 0. The molecule has 0 aliphatic rings. The van der Waals surface area contributed by atoms with Crippen LogP contribution < -0.4 is 4.74 Å². The largest absolute Gasteiger partial charge is 0.495 e. The Morgan fingerprint density at radius 2 is 1.80 bits per heavy atom. The van der Waals surface area contributed by atoms with E-state index in [1.807, 2.05) is 0 Å². The van der Waals surface area contributed by atoms with Gasteiger partial charge in [0.1, 0.15) is 5.75 Å². The third-order valence-corrected chi connectivity index (χ3v) is 3.87. The molecule has 0 radical (unpaired) electrons. The maximum atomic E-state index is 10.3. The molecule has 0 fully saturated rings. The van der Waals surface area contributed by atoms with E-state index in [0.29, 0.717) is 32.8 Å². The smallest absolute Gasteiger partial charge is 0.137 e. The van der Waals surface area contributed by atoms with Gasteiger partial charge in [0, 0.05) is 16.5 Å². The Hall–Kier alpha value is -0.930. The van der Waals surface area contributed by atoms with Crippen molar-refractivity contribution in [2.45, 2.75) is 12.5 Å². The van der Waals surface area contributed by atoms with Gasteiger partial charge in [-0.3, -0.25) is 0 Å². The van der Waals surface area contributed by atoms with Crippen molar-refractivity contribution in [2.24, 2.45) is 0 Å². The van der Waals surface area contributed by atoms with E-state index in [-0.39, 0.29) is 0 Å². The van der Waals surface area contributed by atoms with Gasteiger partial charge in [0.15, 0.2) is 0 Å². The quantitative estimate of drug-likeness (QED) is 0.860. The second kappa shape index (κ2) is 6.68. The molecule has 1 N–H and O–H groups in total. The van der Waals surface area contributed by atoms with E-state index in [0.717, 1.165) is 5.56 Å². The fraction of sp³-hybridized carbons (Fsp3) is 0.200. The second-order valence-corrected chi connectivity index (χ2v) is 5.60. The summed E-state index contributed by atoms with van der Waals surface area (Å²) < 4.78 is 5.08. The summed E-state index contributed by atoms with van der Waals surface area (Å²) in [6.45, 7) is 0. The molecule has 0 spiro atoms. The minimum absolute atomic E-state index is 0.388. The van der Waals surface area contributed by atoms with Crippen LogP contribution in [0.4, 0.5) is 0 Å². The maximum absolute atomic E-state index is 10.3. The Balaban J connectivity index is 2.19. The normalized spacial score (nSPS) is 12.2. The van der Waals surface area contributed by atoms with Gasteiger partial charge in [-0.1, -0.05) is 46.9 Å². The maximum Gasteiger partial charge on any atom is 0.137 e. The monoisotopic (exact) mass is 330 g/mol. The molecular weight excluding hydrogens is 319 g/mol. The summed E-state index contributed by atoms with van der Waals surface area (Å²) in [5.74, 6) is 0.576. The van der Waals surface area contributed by atoms with Crippen LogP contribution in [0.25, 0.3) is 0 Å². The van der Waals surface area contributed by atoms with Crippen LogP contribution in [0.5, 0.6) is 5.75 Å². The van der Waals surface area contributed by atoms with Gasteiger partial charge in [-0.15, -0.1) is 0 Å². The van der Waals surface area contributed by atoms with E-state index in [9.17, 15) is 5.11 Å². The lowest BCUT2D eigenvalue weighted by molar-refractivity contribution is 0.178. The fourth-order valence-corrected chi connectivity index (χ4v) is 2.66. The van der Waals surface area contributed by atoms with Crippen molar-refractivity contribution in [3.8, 4) is 5.75 Å². The average Bonchev–Trinajstić information content (AvgIpc) is 2.41. The van der Waals surface area contributed by atoms with Crippen molar-refractivity contribution in [3.63, 3.8) is 0 Å². The first kappa shape index (κ1) is 15.5. The van der Waals surface area contributed by atoms with Gasteiger partial charge in [0.05, 0.1) is 18.2 Å². The Morgan fingerprint density at radius 1 is 1.05 bits per heavy atom. The molecule has 1 unspecified atom stereocenters. The molecule has 0 amide bonds. The molecule has 2 aromatic carbocycles. The van der Waals surface area contributed by atoms with Gasteiger partial charge in [-0.2, -0.15) is 0 Å². The number of ether oxygens (including phenoxy) is 1. The highest BCUT2D eigenvalue weighted by Crippen LogP contribution is 2.30. The van der Waals surface area contributed by atoms with Gasteiger partial charge in [-0.05, 0) is 35.4 Å². The number of methoxy groups -OCH3 is 1. The van der Waals surface area contributed by atoms with E-state index in [1.54, 1.807) is 43.5 Å². The van der Waals surface area contributed by atoms with Crippen LogP contribution >= 0.6 is 34.8 Å². The Labute approximate surface area is 132 Å². The van der Waals surface area contributed by atoms with E-state index in [4.69, 9.17) is 39.5 Å². The first-order valence-corrected chi connectivity index (χ1v) is 7.10. The van der Waals surface area contributed by atoms with Crippen molar-refractivity contribution in [2.75, 3.05) is 7.11 Å². The summed E-state index contributed by atoms with van der Waals surface area (Å²) in [6, 6.07) is 10.4. The summed E-state index contributed by atoms with van der Waals surface area (Å²) in [5.41, 5.74) is 1.54. The van der Waals surface area contributed by atoms with Crippen LogP contribution in [-0.2, 0) is 6.42 Å². The van der Waals surface area contributed by atoms with E-state index in [2.05, 4.69) is 0 Å². The lowest BCUT2D eigenvalue weighted by Gasteiger charge is -2.14. The van der Waals surface area contributed by atoms with Gasteiger partial charge < -0.3 is 9.84 Å². The van der Waals surface area contributed by atoms with E-state index < -0.39 is 6.10 Å². The van der Waals surface area contributed by atoms with Crippen molar-refractivity contribution in [1.29, 1.82) is 0 Å². The Morgan fingerprint density at radius 3 is 2.40 bits per heavy atom. The number of halogens is 3. The van der Waals surface area contributed by atoms with Crippen LogP contribution in [0.2, 0.25) is 15.1 Å². The van der Waals surface area contributed by atoms with E-state index >= 15 is 0 Å². The van der Waals surface area contributed by atoms with Gasteiger partial charge in [0.2, 0.25) is 0 Å². The first-order valence-electron chi connectivity index (χ1n) is 5.96. The highest BCUT2D eigenvalue weighted by atomic mass is 35.5. The molecule has 1 atom stereocenters. The SMILES string of the molecule is COc1ccc(C(O)Cc2ccc(Cl)cc2Cl)cc1Cl. The topological polar surface area (TPSA) is 29.5 Å². The summed E-state index contributed by atoms with van der Waals surface area (Å²) in [7, 11) is 1.55. The van der Waals surface area contributed by atoms with Crippen LogP contribution in [0.3, 0.4) is 0 Å². The molecule has 20 heavy (non-hydrogen) atoms. The van der Waals surface area contributed by atoms with Gasteiger partial charge in [0.25, 0.3) is 0 Å². The predicted molar refractivity (Wildman–Crippen MR) is 83.1 cm³/mol. The zero-order chi connectivity index (χ0) is 14.7. The highest BCUT2D eigenvalue weighted by Gasteiger charge is 2.13.